The van der Waals surface area contributed by atoms with Crippen LogP contribution in [0.2, 0.25) is 0 Å². The zero-order chi connectivity index (χ0) is 46.3. The molecule has 0 radical (unpaired) electrons. The van der Waals surface area contributed by atoms with Crippen LogP contribution >= 0.6 is 0 Å². The first-order valence-corrected chi connectivity index (χ1v) is 24.2. The van der Waals surface area contributed by atoms with Gasteiger partial charge < -0.3 is 39.4 Å². The maximum atomic E-state index is 13.1. The van der Waals surface area contributed by atoms with Gasteiger partial charge in [0.25, 0.3) is 0 Å². The SMILES string of the molecule is C=CC[C@@H]1O[C@H](C[C@@H](COC(=O)c2ccccc2)OC(=O)c2ccccc2)[C@H](O)C1CS(=O)(=O)c1ccccc1.C=CC[C@@H]1O[C@H](C[C@H](O)CO)[C@H](O)C1CS(=O)(=O)c1ccccc1. The van der Waals surface area contributed by atoms with Crippen LogP contribution in [0.5, 0.6) is 0 Å². The molecule has 14 nitrogen and oxygen atoms in total. The molecule has 2 aliphatic rings. The van der Waals surface area contributed by atoms with Crippen molar-refractivity contribution >= 4 is 31.6 Å². The average Bonchev–Trinajstić information content (AvgIpc) is 3.74. The lowest BCUT2D eigenvalue weighted by atomic mass is 9.94. The van der Waals surface area contributed by atoms with Gasteiger partial charge in [-0.15, -0.1) is 13.2 Å². The van der Waals surface area contributed by atoms with Gasteiger partial charge in [0.05, 0.1) is 81.8 Å². The van der Waals surface area contributed by atoms with Crippen LogP contribution in [0.1, 0.15) is 46.4 Å². The molecule has 0 bridgehead atoms. The van der Waals surface area contributed by atoms with Crippen molar-refractivity contribution < 1.29 is 65.8 Å². The van der Waals surface area contributed by atoms with Gasteiger partial charge in [0.2, 0.25) is 0 Å². The van der Waals surface area contributed by atoms with Crippen LogP contribution in [0, 0.1) is 11.8 Å². The summed E-state index contributed by atoms with van der Waals surface area (Å²) in [7, 11) is -7.29. The lowest BCUT2D eigenvalue weighted by Crippen LogP contribution is -2.36. The molecule has 0 saturated carbocycles. The molecule has 0 aliphatic carbocycles. The highest BCUT2D eigenvalue weighted by atomic mass is 32.2. The standard InChI is InChI=1S/C31H32O8S.C17H24O6S/c1-2-12-27-26(21-40(35,36)25-17-10-5-11-18-25)29(32)28(39-27)19-24(38-31(34)23-15-8-4-9-16-23)20-37-30(33)22-13-6-3-7-14-22;1-2-6-15-14(17(20)16(23-15)9-12(19)10-18)11-24(21,22)13-7-4-3-5-8-13/h2-11,13-18,24,26-29,32H,1,12,19-21H2;2-5,7-8,12,14-20H,1,6,9-11H2/t24-,26?,27-,28+,29+;12-,14?,15-,16+,17+/m00/s1. The number of aliphatic hydroxyl groups excluding tert-OH is 4. The number of hydrogen-bond donors (Lipinski definition) is 4. The Kier molecular flexibility index (Phi) is 18.6. The van der Waals surface area contributed by atoms with Crippen molar-refractivity contribution in [3.05, 3.63) is 158 Å². The smallest absolute Gasteiger partial charge is 0.338 e. The number of carbonyl (C=O) groups is 2. The normalized spacial score (nSPS) is 24.1. The van der Waals surface area contributed by atoms with E-state index in [4.69, 9.17) is 24.1 Å². The average molecular weight is 921 g/mol. The molecule has 2 heterocycles. The first kappa shape index (κ1) is 50.0. The van der Waals surface area contributed by atoms with Crippen LogP contribution in [0.15, 0.2) is 156 Å². The summed E-state index contributed by atoms with van der Waals surface area (Å²) in [6, 6.07) is 32.9. The van der Waals surface area contributed by atoms with Crippen LogP contribution in [0.25, 0.3) is 0 Å². The third kappa shape index (κ3) is 13.7. The summed E-state index contributed by atoms with van der Waals surface area (Å²) >= 11 is 0. The second-order valence-corrected chi connectivity index (χ2v) is 19.7. The number of hydrogen-bond acceptors (Lipinski definition) is 14. The van der Waals surface area contributed by atoms with Crippen molar-refractivity contribution in [2.45, 2.75) is 84.3 Å². The fraction of sp³-hybridized carbons (Fsp3) is 0.375. The second kappa shape index (κ2) is 23.8. The van der Waals surface area contributed by atoms with E-state index in [1.807, 2.05) is 0 Å². The van der Waals surface area contributed by atoms with Crippen molar-refractivity contribution in [1.82, 2.24) is 0 Å². The van der Waals surface area contributed by atoms with Gasteiger partial charge in [-0.05, 0) is 61.4 Å². The Morgan fingerprint density at radius 2 is 1.00 bits per heavy atom. The lowest BCUT2D eigenvalue weighted by Gasteiger charge is -2.23. The molecule has 4 aromatic rings. The summed E-state index contributed by atoms with van der Waals surface area (Å²) in [6.07, 6.45) is -2.91. The molecular formula is C48H56O14S2. The zero-order valence-corrected chi connectivity index (χ0v) is 36.9. The van der Waals surface area contributed by atoms with E-state index in [2.05, 4.69) is 13.2 Å². The van der Waals surface area contributed by atoms with Gasteiger partial charge in [-0.3, -0.25) is 0 Å². The van der Waals surface area contributed by atoms with E-state index >= 15 is 0 Å². The molecule has 10 atom stereocenters. The molecule has 64 heavy (non-hydrogen) atoms. The van der Waals surface area contributed by atoms with Gasteiger partial charge in [-0.1, -0.05) is 84.9 Å². The van der Waals surface area contributed by atoms with Crippen molar-refractivity contribution in [3.63, 3.8) is 0 Å². The summed E-state index contributed by atoms with van der Waals surface area (Å²) < 4.78 is 74.3. The summed E-state index contributed by atoms with van der Waals surface area (Å²) in [5, 5.41) is 40.2. The number of esters is 2. The number of carbonyl (C=O) groups excluding carboxylic acids is 2. The number of rotatable bonds is 20. The molecule has 4 aromatic carbocycles. The highest BCUT2D eigenvalue weighted by Crippen LogP contribution is 2.36. The van der Waals surface area contributed by atoms with Crippen LogP contribution in [0.3, 0.4) is 0 Å². The molecule has 2 unspecified atom stereocenters. The number of ether oxygens (including phenoxy) is 4. The highest BCUT2D eigenvalue weighted by molar-refractivity contribution is 7.91. The molecule has 344 valence electrons. The summed E-state index contributed by atoms with van der Waals surface area (Å²) in [6.45, 7) is 6.66. The predicted octanol–water partition coefficient (Wildman–Crippen LogP) is 4.78. The number of benzene rings is 4. The Morgan fingerprint density at radius 3 is 1.41 bits per heavy atom. The highest BCUT2D eigenvalue weighted by Gasteiger charge is 2.47. The van der Waals surface area contributed by atoms with E-state index in [1.54, 1.807) is 109 Å². The maximum absolute atomic E-state index is 13.1. The van der Waals surface area contributed by atoms with Crippen molar-refractivity contribution in [2.75, 3.05) is 24.7 Å². The Balaban J connectivity index is 0.000000274. The van der Waals surface area contributed by atoms with Crippen molar-refractivity contribution in [3.8, 4) is 0 Å². The Morgan fingerprint density at radius 1 is 0.609 bits per heavy atom. The van der Waals surface area contributed by atoms with E-state index < -0.39 is 98.9 Å². The van der Waals surface area contributed by atoms with Crippen LogP contribution in [-0.2, 0) is 38.6 Å². The Hall–Kier alpha value is -5.04. The molecule has 4 N–H and O–H groups in total. The quantitative estimate of drug-likeness (QED) is 0.0693. The third-order valence-corrected chi connectivity index (χ3v) is 14.7. The van der Waals surface area contributed by atoms with E-state index in [9.17, 15) is 41.7 Å². The van der Waals surface area contributed by atoms with Gasteiger partial charge in [-0.2, -0.15) is 0 Å². The van der Waals surface area contributed by atoms with E-state index in [0.717, 1.165) is 0 Å². The van der Waals surface area contributed by atoms with Crippen LogP contribution in [-0.4, -0.2) is 123 Å². The molecular weight excluding hydrogens is 865 g/mol. The molecule has 2 saturated heterocycles. The van der Waals surface area contributed by atoms with Gasteiger partial charge in [0, 0.05) is 24.7 Å². The molecule has 0 aromatic heterocycles. The summed E-state index contributed by atoms with van der Waals surface area (Å²) in [5.41, 5.74) is 0.649. The van der Waals surface area contributed by atoms with Gasteiger partial charge in [0.15, 0.2) is 19.7 Å². The third-order valence-electron chi connectivity index (χ3n) is 11.0. The zero-order valence-electron chi connectivity index (χ0n) is 35.2. The lowest BCUT2D eigenvalue weighted by molar-refractivity contribution is -0.0449. The summed E-state index contributed by atoms with van der Waals surface area (Å²) in [4.78, 5) is 25.8. The minimum atomic E-state index is -3.72. The molecule has 6 rings (SSSR count). The van der Waals surface area contributed by atoms with Crippen molar-refractivity contribution in [1.29, 1.82) is 0 Å². The molecule has 16 heteroatoms. The first-order valence-electron chi connectivity index (χ1n) is 20.9. The van der Waals surface area contributed by atoms with E-state index in [-0.39, 0.29) is 40.7 Å². The van der Waals surface area contributed by atoms with Crippen LogP contribution < -0.4 is 0 Å². The minimum Gasteiger partial charge on any atom is -0.458 e. The molecule has 2 fully saturated rings. The van der Waals surface area contributed by atoms with E-state index in [1.165, 1.54) is 24.3 Å². The molecule has 0 spiro atoms. The molecule has 2 aliphatic heterocycles. The van der Waals surface area contributed by atoms with Gasteiger partial charge in [0.1, 0.15) is 12.7 Å². The maximum Gasteiger partial charge on any atom is 0.338 e. The second-order valence-electron chi connectivity index (χ2n) is 15.6. The molecule has 0 amide bonds. The largest absolute Gasteiger partial charge is 0.458 e. The van der Waals surface area contributed by atoms with Gasteiger partial charge in [-0.25, -0.2) is 26.4 Å². The monoisotopic (exact) mass is 920 g/mol. The van der Waals surface area contributed by atoms with Crippen LogP contribution in [0.4, 0.5) is 0 Å². The Bertz CT molecular complexity index is 2310. The fourth-order valence-electron chi connectivity index (χ4n) is 7.72. The number of sulfone groups is 2. The predicted molar refractivity (Wildman–Crippen MR) is 238 cm³/mol. The van der Waals surface area contributed by atoms with Crippen molar-refractivity contribution in [2.24, 2.45) is 11.8 Å². The van der Waals surface area contributed by atoms with E-state index in [0.29, 0.717) is 24.0 Å². The van der Waals surface area contributed by atoms with Gasteiger partial charge >= 0.3 is 11.9 Å². The topological polar surface area (TPSA) is 220 Å². The Labute approximate surface area is 374 Å². The summed E-state index contributed by atoms with van der Waals surface area (Å²) in [5.74, 6) is -3.16. The minimum absolute atomic E-state index is 0.0165. The number of aliphatic hydroxyl groups is 4. The fourth-order valence-corrected chi connectivity index (χ4v) is 11.1. The first-order chi connectivity index (χ1) is 30.7.